The molecule has 3 heterocycles. The van der Waals surface area contributed by atoms with Crippen molar-refractivity contribution in [3.63, 3.8) is 0 Å². The Hall–Kier alpha value is -3.31. The van der Waals surface area contributed by atoms with E-state index in [1.54, 1.807) is 12.1 Å². The van der Waals surface area contributed by atoms with Crippen LogP contribution in [0.15, 0.2) is 40.8 Å². The molecule has 2 aromatic carbocycles. The Morgan fingerprint density at radius 1 is 1.03 bits per heavy atom. The zero-order valence-electron chi connectivity index (χ0n) is 18.3. The van der Waals surface area contributed by atoms with Gasteiger partial charge in [-0.25, -0.2) is 8.78 Å². The Balaban J connectivity index is 1.47. The van der Waals surface area contributed by atoms with Gasteiger partial charge in [-0.3, -0.25) is 4.79 Å². The number of aliphatic hydroxyl groups excluding tert-OH is 1. The summed E-state index contributed by atoms with van der Waals surface area (Å²) in [6.45, 7) is 1.09. The van der Waals surface area contributed by atoms with Crippen LogP contribution < -0.4 is 0 Å². The van der Waals surface area contributed by atoms with Crippen molar-refractivity contribution in [3.05, 3.63) is 70.6 Å². The minimum absolute atomic E-state index is 0.142. The molecule has 0 radical (unpaired) electrons. The molecule has 1 fully saturated rings. The summed E-state index contributed by atoms with van der Waals surface area (Å²) in [5.74, 6) is -3.60. The van der Waals surface area contributed by atoms with E-state index in [0.717, 1.165) is 12.1 Å². The van der Waals surface area contributed by atoms with Crippen LogP contribution >= 0.6 is 0 Å². The van der Waals surface area contributed by atoms with Crippen LogP contribution in [0.1, 0.15) is 52.7 Å². The largest absolute Gasteiger partial charge is 0.415 e. The highest BCUT2D eigenvalue weighted by Gasteiger charge is 2.42. The number of hydrogen-bond acceptors (Lipinski definition) is 6. The molecule has 0 spiro atoms. The fourth-order valence-electron chi connectivity index (χ4n) is 4.77. The number of ether oxygens (including phenoxy) is 1. The average Bonchev–Trinajstić information content (AvgIpc) is 3.47. The molecule has 2 aliphatic rings. The standard InChI is InChI=1S/C24H21F4N3O4/c25-17-4-3-13(10-18(17)26)20(32)19(12-5-7-34-8-6-12)31-11-15-2-1-14(9-16(15)24(31)33)22-29-30-23(35-22)21(27)28/h1-4,9-10,12,19-21,32H,5-8,11H2/t19-,20+/m1/s1. The van der Waals surface area contributed by atoms with E-state index >= 15 is 0 Å². The number of rotatable bonds is 6. The van der Waals surface area contributed by atoms with Gasteiger partial charge in [0.2, 0.25) is 5.89 Å². The molecule has 2 atom stereocenters. The van der Waals surface area contributed by atoms with E-state index in [1.165, 1.54) is 17.0 Å². The highest BCUT2D eigenvalue weighted by atomic mass is 19.3. The summed E-state index contributed by atoms with van der Waals surface area (Å²) in [5.41, 5.74) is 1.45. The van der Waals surface area contributed by atoms with Crippen molar-refractivity contribution >= 4 is 5.91 Å². The number of amides is 1. The molecule has 0 aliphatic carbocycles. The molecular weight excluding hydrogens is 470 g/mol. The van der Waals surface area contributed by atoms with Gasteiger partial charge in [-0.15, -0.1) is 10.2 Å². The number of aliphatic hydroxyl groups is 1. The fourth-order valence-corrected chi connectivity index (χ4v) is 4.77. The van der Waals surface area contributed by atoms with Crippen LogP contribution in [-0.4, -0.2) is 45.4 Å². The quantitative estimate of drug-likeness (QED) is 0.513. The summed E-state index contributed by atoms with van der Waals surface area (Å²) in [7, 11) is 0. The van der Waals surface area contributed by atoms with Crippen LogP contribution in [0.5, 0.6) is 0 Å². The third-order valence-corrected chi connectivity index (χ3v) is 6.53. The molecule has 0 bridgehead atoms. The molecule has 184 valence electrons. The van der Waals surface area contributed by atoms with Gasteiger partial charge in [-0.1, -0.05) is 12.1 Å². The lowest BCUT2D eigenvalue weighted by Gasteiger charge is -2.39. The maximum absolute atomic E-state index is 13.9. The van der Waals surface area contributed by atoms with Crippen molar-refractivity contribution in [2.75, 3.05) is 13.2 Å². The minimum Gasteiger partial charge on any atom is -0.415 e. The van der Waals surface area contributed by atoms with E-state index in [-0.39, 0.29) is 29.8 Å². The third-order valence-electron chi connectivity index (χ3n) is 6.53. The van der Waals surface area contributed by atoms with Crippen molar-refractivity contribution in [2.45, 2.75) is 38.0 Å². The van der Waals surface area contributed by atoms with Crippen LogP contribution in [0.2, 0.25) is 0 Å². The SMILES string of the molecule is O=C1c2cc(-c3nnc(C(F)F)o3)ccc2CN1[C@H](C1CCOCC1)[C@@H](O)c1ccc(F)c(F)c1. The average molecular weight is 491 g/mol. The zero-order valence-corrected chi connectivity index (χ0v) is 18.3. The molecule has 35 heavy (non-hydrogen) atoms. The van der Waals surface area contributed by atoms with Crippen molar-refractivity contribution < 1.29 is 36.6 Å². The number of carbonyl (C=O) groups excluding carboxylic acids is 1. The number of alkyl halides is 2. The van der Waals surface area contributed by atoms with E-state index in [4.69, 9.17) is 9.15 Å². The topological polar surface area (TPSA) is 88.7 Å². The van der Waals surface area contributed by atoms with Gasteiger partial charge >= 0.3 is 6.43 Å². The summed E-state index contributed by atoms with van der Waals surface area (Å²) >= 11 is 0. The third kappa shape index (κ3) is 4.41. The smallest absolute Gasteiger partial charge is 0.314 e. The predicted octanol–water partition coefficient (Wildman–Crippen LogP) is 4.44. The number of benzene rings is 2. The lowest BCUT2D eigenvalue weighted by Crippen LogP contribution is -2.46. The number of carbonyl (C=O) groups is 1. The van der Waals surface area contributed by atoms with Gasteiger partial charge in [0.15, 0.2) is 11.6 Å². The van der Waals surface area contributed by atoms with Crippen LogP contribution in [0, 0.1) is 17.6 Å². The van der Waals surface area contributed by atoms with Crippen molar-refractivity contribution in [1.82, 2.24) is 15.1 Å². The van der Waals surface area contributed by atoms with E-state index in [1.807, 2.05) is 0 Å². The summed E-state index contributed by atoms with van der Waals surface area (Å²) in [6.07, 6.45) is -3.03. The van der Waals surface area contributed by atoms with E-state index in [9.17, 15) is 27.5 Å². The first-order valence-corrected chi connectivity index (χ1v) is 11.1. The molecule has 1 saturated heterocycles. The number of fused-ring (bicyclic) bond motifs is 1. The molecule has 3 aromatic rings. The summed E-state index contributed by atoms with van der Waals surface area (Å²) in [6, 6.07) is 7.21. The molecule has 7 nitrogen and oxygen atoms in total. The first kappa shape index (κ1) is 23.4. The highest BCUT2D eigenvalue weighted by molar-refractivity contribution is 5.99. The lowest BCUT2D eigenvalue weighted by atomic mass is 9.84. The first-order chi connectivity index (χ1) is 16.8. The second-order valence-electron chi connectivity index (χ2n) is 8.61. The van der Waals surface area contributed by atoms with Gasteiger partial charge in [0.25, 0.3) is 11.8 Å². The Morgan fingerprint density at radius 2 is 1.80 bits per heavy atom. The summed E-state index contributed by atoms with van der Waals surface area (Å²) in [5, 5.41) is 18.2. The monoisotopic (exact) mass is 491 g/mol. The van der Waals surface area contributed by atoms with E-state index in [2.05, 4.69) is 10.2 Å². The molecule has 0 saturated carbocycles. The maximum atomic E-state index is 13.9. The van der Waals surface area contributed by atoms with Gasteiger partial charge in [-0.05, 0) is 54.2 Å². The Morgan fingerprint density at radius 3 is 2.49 bits per heavy atom. The fraction of sp³-hybridized carbons (Fsp3) is 0.375. The molecule has 0 unspecified atom stereocenters. The minimum atomic E-state index is -2.92. The van der Waals surface area contributed by atoms with E-state index in [0.29, 0.717) is 42.7 Å². The van der Waals surface area contributed by atoms with Crippen LogP contribution in [0.3, 0.4) is 0 Å². The molecule has 5 rings (SSSR count). The molecule has 1 amide bonds. The van der Waals surface area contributed by atoms with Crippen LogP contribution in [0.4, 0.5) is 17.6 Å². The Bertz CT molecular complexity index is 1250. The highest BCUT2D eigenvalue weighted by Crippen LogP contribution is 2.38. The van der Waals surface area contributed by atoms with Crippen LogP contribution in [-0.2, 0) is 11.3 Å². The zero-order chi connectivity index (χ0) is 24.7. The molecular formula is C24H21F4N3O4. The van der Waals surface area contributed by atoms with Gasteiger partial charge in [0.05, 0.1) is 12.1 Å². The lowest BCUT2D eigenvalue weighted by molar-refractivity contribution is -0.0214. The Kier molecular flexibility index (Phi) is 6.28. The van der Waals surface area contributed by atoms with Gasteiger partial charge in [0, 0.05) is 30.9 Å². The number of halogens is 4. The second-order valence-corrected chi connectivity index (χ2v) is 8.61. The molecule has 2 aliphatic heterocycles. The normalized spacial score (nSPS) is 18.2. The Labute approximate surface area is 197 Å². The second kappa shape index (κ2) is 9.38. The number of nitrogens with zero attached hydrogens (tertiary/aromatic N) is 3. The van der Waals surface area contributed by atoms with E-state index < -0.39 is 36.1 Å². The summed E-state index contributed by atoms with van der Waals surface area (Å²) in [4.78, 5) is 15.0. The molecule has 11 heteroatoms. The number of hydrogen-bond donors (Lipinski definition) is 1. The van der Waals surface area contributed by atoms with Crippen LogP contribution in [0.25, 0.3) is 11.5 Å². The van der Waals surface area contributed by atoms with Gasteiger partial charge in [0.1, 0.15) is 0 Å². The maximum Gasteiger partial charge on any atom is 0.314 e. The van der Waals surface area contributed by atoms with Crippen molar-refractivity contribution in [2.24, 2.45) is 5.92 Å². The predicted molar refractivity (Wildman–Crippen MR) is 113 cm³/mol. The van der Waals surface area contributed by atoms with Crippen molar-refractivity contribution in [1.29, 1.82) is 0 Å². The molecule has 1 aromatic heterocycles. The molecule has 1 N–H and O–H groups in total. The summed E-state index contributed by atoms with van der Waals surface area (Å²) < 4.78 is 63.5. The van der Waals surface area contributed by atoms with Crippen molar-refractivity contribution in [3.8, 4) is 11.5 Å². The first-order valence-electron chi connectivity index (χ1n) is 11.1. The van der Waals surface area contributed by atoms with Gasteiger partial charge in [-0.2, -0.15) is 8.78 Å². The van der Waals surface area contributed by atoms with Gasteiger partial charge < -0.3 is 19.2 Å². The number of aromatic nitrogens is 2.